The van der Waals surface area contributed by atoms with E-state index in [2.05, 4.69) is 41.5 Å². The highest BCUT2D eigenvalue weighted by atomic mass is 16.5. The van der Waals surface area contributed by atoms with Gasteiger partial charge in [-0.05, 0) is 36.2 Å². The number of hydrogen-bond donors (Lipinski definition) is 2. The maximum atomic E-state index is 12.6. The molecule has 2 amide bonds. The Morgan fingerprint density at radius 2 is 1.81 bits per heavy atom. The maximum Gasteiger partial charge on any atom is 0.269 e. The molecule has 0 saturated carbocycles. The molecule has 2 N–H and O–H groups in total. The molecule has 3 rings (SSSR count). The molecule has 0 fully saturated rings. The van der Waals surface area contributed by atoms with Crippen LogP contribution in [0.5, 0.6) is 11.5 Å². The van der Waals surface area contributed by atoms with Crippen molar-refractivity contribution < 1.29 is 14.3 Å². The summed E-state index contributed by atoms with van der Waals surface area (Å²) >= 11 is 0. The predicted octanol–water partition coefficient (Wildman–Crippen LogP) is 3.24. The highest BCUT2D eigenvalue weighted by molar-refractivity contribution is 5.93. The molecule has 3 aromatic rings. The Morgan fingerprint density at radius 3 is 2.50 bits per heavy atom. The molecule has 32 heavy (non-hydrogen) atoms. The van der Waals surface area contributed by atoms with Gasteiger partial charge in [0.1, 0.15) is 22.9 Å². The van der Waals surface area contributed by atoms with Crippen molar-refractivity contribution in [1.82, 2.24) is 25.4 Å². The summed E-state index contributed by atoms with van der Waals surface area (Å²) in [7, 11) is 3.33. The van der Waals surface area contributed by atoms with E-state index in [9.17, 15) is 9.59 Å². The monoisotopic (exact) mass is 435 g/mol. The molecule has 2 heterocycles. The molecule has 0 aliphatic rings. The molecule has 0 aliphatic heterocycles. The van der Waals surface area contributed by atoms with Gasteiger partial charge in [-0.2, -0.15) is 5.10 Å². The van der Waals surface area contributed by atoms with Crippen LogP contribution in [0.25, 0.3) is 0 Å². The number of hydrogen-bond acceptors (Lipinski definition) is 5. The summed E-state index contributed by atoms with van der Waals surface area (Å²) < 4.78 is 7.50. The molecule has 0 aliphatic carbocycles. The van der Waals surface area contributed by atoms with E-state index >= 15 is 0 Å². The van der Waals surface area contributed by atoms with Crippen molar-refractivity contribution in [2.24, 2.45) is 7.05 Å². The molecular formula is C24H29N5O3. The van der Waals surface area contributed by atoms with Gasteiger partial charge in [0.2, 0.25) is 0 Å². The number of ether oxygens (including phenoxy) is 1. The van der Waals surface area contributed by atoms with Crippen LogP contribution < -0.4 is 15.4 Å². The molecule has 0 bridgehead atoms. The minimum Gasteiger partial charge on any atom is -0.457 e. The van der Waals surface area contributed by atoms with Gasteiger partial charge in [0.25, 0.3) is 11.8 Å². The lowest BCUT2D eigenvalue weighted by atomic mass is 9.92. The van der Waals surface area contributed by atoms with Crippen LogP contribution >= 0.6 is 0 Å². The first kappa shape index (κ1) is 23.0. The quantitative estimate of drug-likeness (QED) is 0.594. The molecule has 0 radical (unpaired) electrons. The lowest BCUT2D eigenvalue weighted by Crippen LogP contribution is -2.27. The van der Waals surface area contributed by atoms with Crippen molar-refractivity contribution in [3.8, 4) is 11.5 Å². The van der Waals surface area contributed by atoms with Gasteiger partial charge in [-0.15, -0.1) is 0 Å². The lowest BCUT2D eigenvalue weighted by Gasteiger charge is -2.13. The Kier molecular flexibility index (Phi) is 6.92. The third-order valence-corrected chi connectivity index (χ3v) is 4.91. The predicted molar refractivity (Wildman–Crippen MR) is 122 cm³/mol. The van der Waals surface area contributed by atoms with Crippen LogP contribution in [0.4, 0.5) is 0 Å². The molecule has 1 aromatic carbocycles. The zero-order valence-electron chi connectivity index (χ0n) is 19.1. The first-order valence-electron chi connectivity index (χ1n) is 10.4. The van der Waals surface area contributed by atoms with Gasteiger partial charge in [0.05, 0.1) is 5.69 Å². The number of carbonyl (C=O) groups is 2. The maximum absolute atomic E-state index is 12.6. The minimum absolute atomic E-state index is 0.118. The Hall–Kier alpha value is -3.68. The van der Waals surface area contributed by atoms with Crippen molar-refractivity contribution in [1.29, 1.82) is 0 Å². The van der Waals surface area contributed by atoms with Crippen molar-refractivity contribution in [2.45, 2.75) is 32.6 Å². The molecule has 2 aromatic heterocycles. The van der Waals surface area contributed by atoms with Crippen LogP contribution in [0, 0.1) is 0 Å². The number of benzene rings is 1. The first-order valence-corrected chi connectivity index (χ1v) is 10.4. The summed E-state index contributed by atoms with van der Waals surface area (Å²) in [6.45, 7) is 6.68. The van der Waals surface area contributed by atoms with E-state index in [4.69, 9.17) is 4.74 Å². The largest absolute Gasteiger partial charge is 0.457 e. The van der Waals surface area contributed by atoms with Crippen LogP contribution in [0.15, 0.2) is 48.7 Å². The number of pyridine rings is 1. The van der Waals surface area contributed by atoms with Crippen molar-refractivity contribution in [3.05, 3.63) is 71.3 Å². The van der Waals surface area contributed by atoms with Gasteiger partial charge in [-0.3, -0.25) is 19.3 Å². The summed E-state index contributed by atoms with van der Waals surface area (Å²) in [4.78, 5) is 28.4. The number of aryl methyl sites for hydroxylation is 1. The Morgan fingerprint density at radius 1 is 1.06 bits per heavy atom. The lowest BCUT2D eigenvalue weighted by molar-refractivity contribution is 0.0941. The second-order valence-corrected chi connectivity index (χ2v) is 8.50. The molecule has 0 unspecified atom stereocenters. The Balaban J connectivity index is 1.59. The van der Waals surface area contributed by atoms with Crippen LogP contribution in [0.1, 0.15) is 53.0 Å². The number of rotatable bonds is 7. The summed E-state index contributed by atoms with van der Waals surface area (Å²) in [5, 5.41) is 9.95. The highest BCUT2D eigenvalue weighted by Gasteiger charge is 2.21. The van der Waals surface area contributed by atoms with Crippen molar-refractivity contribution >= 4 is 11.8 Å². The van der Waals surface area contributed by atoms with Crippen LogP contribution in [-0.2, 0) is 18.9 Å². The molecule has 0 spiro atoms. The summed E-state index contributed by atoms with van der Waals surface area (Å²) in [6.07, 6.45) is 2.18. The van der Waals surface area contributed by atoms with Gasteiger partial charge in [-0.25, -0.2) is 0 Å². The average molecular weight is 436 g/mol. The highest BCUT2D eigenvalue weighted by Crippen LogP contribution is 2.23. The Labute approximate surface area is 188 Å². The van der Waals surface area contributed by atoms with Crippen molar-refractivity contribution in [2.75, 3.05) is 13.6 Å². The SMILES string of the molecule is CNC(=O)c1cc(Oc2cccc(CCNC(=O)c3cc(C(C)(C)C)nn3C)c2)ccn1. The normalized spacial score (nSPS) is 11.2. The van der Waals surface area contributed by atoms with Crippen LogP contribution in [-0.4, -0.2) is 40.2 Å². The van der Waals surface area contributed by atoms with Gasteiger partial charge >= 0.3 is 0 Å². The summed E-state index contributed by atoms with van der Waals surface area (Å²) in [6, 6.07) is 12.7. The van der Waals surface area contributed by atoms with E-state index < -0.39 is 0 Å². The molecule has 8 nitrogen and oxygen atoms in total. The fourth-order valence-corrected chi connectivity index (χ4v) is 3.08. The van der Waals surface area contributed by atoms with E-state index in [1.165, 1.54) is 6.20 Å². The third kappa shape index (κ3) is 5.72. The second kappa shape index (κ2) is 9.64. The van der Waals surface area contributed by atoms with Crippen LogP contribution in [0.3, 0.4) is 0 Å². The fourth-order valence-electron chi connectivity index (χ4n) is 3.08. The van der Waals surface area contributed by atoms with E-state index in [1.54, 1.807) is 30.9 Å². The van der Waals surface area contributed by atoms with Gasteiger partial charge < -0.3 is 15.4 Å². The average Bonchev–Trinajstić information content (AvgIpc) is 3.16. The second-order valence-electron chi connectivity index (χ2n) is 8.50. The zero-order chi connectivity index (χ0) is 23.3. The standard InChI is InChI=1S/C24H29N5O3/c1-24(2,3)21-15-20(29(5)28-21)23(31)27-11-9-16-7-6-8-17(13-16)32-18-10-12-26-19(14-18)22(30)25-4/h6-8,10,12-15H,9,11H2,1-5H3,(H,25,30)(H,27,31). The number of carbonyl (C=O) groups excluding carboxylic acids is 2. The smallest absolute Gasteiger partial charge is 0.269 e. The van der Waals surface area contributed by atoms with E-state index in [1.807, 2.05) is 30.3 Å². The molecule has 8 heteroatoms. The van der Waals surface area contributed by atoms with E-state index in [0.29, 0.717) is 30.2 Å². The number of aromatic nitrogens is 3. The number of nitrogens with one attached hydrogen (secondary N) is 2. The van der Waals surface area contributed by atoms with Gasteiger partial charge in [0, 0.05) is 38.3 Å². The van der Waals surface area contributed by atoms with Gasteiger partial charge in [-0.1, -0.05) is 32.9 Å². The summed E-state index contributed by atoms with van der Waals surface area (Å²) in [5.74, 6) is 0.739. The van der Waals surface area contributed by atoms with Gasteiger partial charge in [0.15, 0.2) is 0 Å². The zero-order valence-corrected chi connectivity index (χ0v) is 19.1. The fraction of sp³-hybridized carbons (Fsp3) is 0.333. The van der Waals surface area contributed by atoms with E-state index in [0.717, 1.165) is 11.3 Å². The molecular weight excluding hydrogens is 406 g/mol. The molecule has 0 saturated heterocycles. The first-order chi connectivity index (χ1) is 15.2. The molecule has 0 atom stereocenters. The molecule has 168 valence electrons. The topological polar surface area (TPSA) is 98.1 Å². The third-order valence-electron chi connectivity index (χ3n) is 4.91. The van der Waals surface area contributed by atoms with Crippen LogP contribution in [0.2, 0.25) is 0 Å². The Bertz CT molecular complexity index is 1110. The van der Waals surface area contributed by atoms with E-state index in [-0.39, 0.29) is 22.9 Å². The number of nitrogens with zero attached hydrogens (tertiary/aromatic N) is 3. The summed E-state index contributed by atoms with van der Waals surface area (Å²) in [5.41, 5.74) is 2.60. The number of amides is 2. The van der Waals surface area contributed by atoms with Crippen molar-refractivity contribution in [3.63, 3.8) is 0 Å². The minimum atomic E-state index is -0.275.